The highest BCUT2D eigenvalue weighted by Crippen LogP contribution is 2.30. The van der Waals surface area contributed by atoms with Crippen molar-refractivity contribution in [1.29, 1.82) is 0 Å². The molecule has 9 nitrogen and oxygen atoms in total. The maximum atomic E-state index is 14.4. The van der Waals surface area contributed by atoms with Crippen molar-refractivity contribution in [3.8, 4) is 11.4 Å². The Kier molecular flexibility index (Phi) is 6.32. The molecule has 11 heteroatoms. The van der Waals surface area contributed by atoms with Crippen LogP contribution in [0, 0.1) is 11.6 Å². The average Bonchev–Trinajstić information content (AvgIpc) is 3.22. The van der Waals surface area contributed by atoms with Gasteiger partial charge in [0.1, 0.15) is 23.0 Å². The van der Waals surface area contributed by atoms with E-state index in [4.69, 9.17) is 0 Å². The number of nitrogens with zero attached hydrogens (tertiary/aromatic N) is 3. The second-order valence-electron chi connectivity index (χ2n) is 8.43. The molecule has 0 bridgehead atoms. The van der Waals surface area contributed by atoms with Crippen molar-refractivity contribution in [1.82, 2.24) is 30.9 Å². The van der Waals surface area contributed by atoms with Crippen LogP contribution in [-0.4, -0.2) is 45.9 Å². The zero-order valence-corrected chi connectivity index (χ0v) is 18.7. The Morgan fingerprint density at radius 3 is 2.54 bits per heavy atom. The smallest absolute Gasteiger partial charge is 0.257 e. The van der Waals surface area contributed by atoms with Crippen molar-refractivity contribution in [2.75, 3.05) is 18.4 Å². The number of carbonyl (C=O) groups is 2. The summed E-state index contributed by atoms with van der Waals surface area (Å²) in [6, 6.07) is 7.06. The van der Waals surface area contributed by atoms with Gasteiger partial charge in [-0.1, -0.05) is 6.07 Å². The zero-order valence-electron chi connectivity index (χ0n) is 18.7. The number of benzene rings is 1. The molecule has 3 aromatic rings. The van der Waals surface area contributed by atoms with E-state index < -0.39 is 11.6 Å². The summed E-state index contributed by atoms with van der Waals surface area (Å²) in [5.41, 5.74) is 1.25. The third kappa shape index (κ3) is 4.94. The number of anilines is 2. The fourth-order valence-corrected chi connectivity index (χ4v) is 4.19. The van der Waals surface area contributed by atoms with E-state index in [0.29, 0.717) is 17.1 Å². The number of pyridine rings is 1. The molecule has 5 rings (SSSR count). The first-order valence-corrected chi connectivity index (χ1v) is 11.3. The van der Waals surface area contributed by atoms with Crippen LogP contribution in [0.5, 0.6) is 0 Å². The quantitative estimate of drug-likeness (QED) is 0.428. The van der Waals surface area contributed by atoms with Gasteiger partial charge in [-0.15, -0.1) is 0 Å². The summed E-state index contributed by atoms with van der Waals surface area (Å²) in [4.78, 5) is 37.5. The minimum absolute atomic E-state index is 0.0908. The van der Waals surface area contributed by atoms with Gasteiger partial charge in [-0.25, -0.2) is 18.7 Å². The van der Waals surface area contributed by atoms with Crippen LogP contribution in [-0.2, 0) is 17.8 Å². The number of amides is 2. The fourth-order valence-electron chi connectivity index (χ4n) is 4.19. The molecule has 4 N–H and O–H groups in total. The molecular weight excluding hydrogens is 456 g/mol. The van der Waals surface area contributed by atoms with Gasteiger partial charge in [-0.3, -0.25) is 14.6 Å². The molecule has 180 valence electrons. The number of halogens is 2. The van der Waals surface area contributed by atoms with Crippen LogP contribution in [0.25, 0.3) is 11.4 Å². The summed E-state index contributed by atoms with van der Waals surface area (Å²) < 4.78 is 28.7. The second-order valence-corrected chi connectivity index (χ2v) is 8.43. The number of rotatable bonds is 6. The molecule has 2 aliphatic heterocycles. The summed E-state index contributed by atoms with van der Waals surface area (Å²) in [5, 5.41) is 11.9. The molecular formula is C24H23F2N7O2. The van der Waals surface area contributed by atoms with E-state index in [1.165, 1.54) is 12.3 Å². The molecule has 0 saturated carbocycles. The highest BCUT2D eigenvalue weighted by molar-refractivity contribution is 6.03. The Hall–Kier alpha value is -3.99. The summed E-state index contributed by atoms with van der Waals surface area (Å²) in [6.07, 6.45) is 3.46. The molecule has 0 radical (unpaired) electrons. The SMILES string of the molecule is O=C(Cc1ccc(Nc2nc(-c3c(F)cccc3F)nc3c2C(=O)NC3)cn1)NC1CCNCC1. The lowest BCUT2D eigenvalue weighted by molar-refractivity contribution is -0.121. The topological polar surface area (TPSA) is 121 Å². The van der Waals surface area contributed by atoms with Gasteiger partial charge in [0, 0.05) is 11.7 Å². The predicted molar refractivity (Wildman–Crippen MR) is 124 cm³/mol. The fraction of sp³-hybridized carbons (Fsp3) is 0.292. The summed E-state index contributed by atoms with van der Waals surface area (Å²) in [6.45, 7) is 1.90. The number of carbonyl (C=O) groups excluding carboxylic acids is 2. The van der Waals surface area contributed by atoms with E-state index in [1.807, 2.05) is 0 Å². The molecule has 1 fully saturated rings. The Morgan fingerprint density at radius 2 is 1.83 bits per heavy atom. The number of fused-ring (bicyclic) bond motifs is 1. The van der Waals surface area contributed by atoms with E-state index in [-0.39, 0.29) is 53.6 Å². The molecule has 0 unspecified atom stereocenters. The number of hydrogen-bond acceptors (Lipinski definition) is 7. The van der Waals surface area contributed by atoms with Crippen LogP contribution < -0.4 is 21.3 Å². The van der Waals surface area contributed by atoms with E-state index in [0.717, 1.165) is 38.1 Å². The molecule has 0 atom stereocenters. The van der Waals surface area contributed by atoms with Crippen LogP contribution in [0.1, 0.15) is 34.6 Å². The van der Waals surface area contributed by atoms with Crippen LogP contribution >= 0.6 is 0 Å². The van der Waals surface area contributed by atoms with Gasteiger partial charge < -0.3 is 21.3 Å². The number of aromatic nitrogens is 3. The molecule has 0 spiro atoms. The summed E-state index contributed by atoms with van der Waals surface area (Å²) in [5.74, 6) is -2.14. The third-order valence-corrected chi connectivity index (χ3v) is 5.95. The van der Waals surface area contributed by atoms with Gasteiger partial charge in [0.25, 0.3) is 5.91 Å². The van der Waals surface area contributed by atoms with Gasteiger partial charge in [-0.2, -0.15) is 0 Å². The Labute approximate surface area is 199 Å². The molecule has 4 heterocycles. The molecule has 2 amide bonds. The number of nitrogens with one attached hydrogen (secondary N) is 4. The van der Waals surface area contributed by atoms with Crippen LogP contribution in [0.2, 0.25) is 0 Å². The average molecular weight is 479 g/mol. The lowest BCUT2D eigenvalue weighted by atomic mass is 10.1. The summed E-state index contributed by atoms with van der Waals surface area (Å²) >= 11 is 0. The molecule has 2 aliphatic rings. The van der Waals surface area contributed by atoms with E-state index in [2.05, 4.69) is 36.2 Å². The highest BCUT2D eigenvalue weighted by atomic mass is 19.1. The van der Waals surface area contributed by atoms with Crippen molar-refractivity contribution in [2.45, 2.75) is 31.8 Å². The Morgan fingerprint density at radius 1 is 1.06 bits per heavy atom. The first-order valence-electron chi connectivity index (χ1n) is 11.3. The largest absolute Gasteiger partial charge is 0.353 e. The maximum Gasteiger partial charge on any atom is 0.257 e. The standard InChI is InChI=1S/C24H23F2N7O2/c25-16-2-1-3-17(26)20(16)22-32-18-12-29-24(35)21(18)23(33-22)31-15-5-4-14(28-11-15)10-19(34)30-13-6-8-27-9-7-13/h1-5,11,13,27H,6-10,12H2,(H,29,35)(H,30,34)(H,31,32,33). The van der Waals surface area contributed by atoms with Gasteiger partial charge in [0.05, 0.1) is 36.1 Å². The van der Waals surface area contributed by atoms with Crippen molar-refractivity contribution in [2.24, 2.45) is 0 Å². The van der Waals surface area contributed by atoms with E-state index >= 15 is 0 Å². The molecule has 1 aromatic carbocycles. The van der Waals surface area contributed by atoms with Gasteiger partial charge in [0.15, 0.2) is 5.82 Å². The molecule has 35 heavy (non-hydrogen) atoms. The number of hydrogen-bond donors (Lipinski definition) is 4. The van der Waals surface area contributed by atoms with Crippen LogP contribution in [0.15, 0.2) is 36.5 Å². The number of piperidine rings is 1. The third-order valence-electron chi connectivity index (χ3n) is 5.95. The van der Waals surface area contributed by atoms with Crippen LogP contribution in [0.3, 0.4) is 0 Å². The van der Waals surface area contributed by atoms with Crippen LogP contribution in [0.4, 0.5) is 20.3 Å². The van der Waals surface area contributed by atoms with Crippen molar-refractivity contribution in [3.63, 3.8) is 0 Å². The first kappa shape index (κ1) is 22.8. The normalized spacial score (nSPS) is 15.4. The Balaban J connectivity index is 1.35. The maximum absolute atomic E-state index is 14.4. The lowest BCUT2D eigenvalue weighted by Crippen LogP contribution is -2.43. The van der Waals surface area contributed by atoms with Crippen molar-refractivity contribution in [3.05, 3.63) is 65.1 Å². The van der Waals surface area contributed by atoms with E-state index in [9.17, 15) is 18.4 Å². The molecule has 1 saturated heterocycles. The summed E-state index contributed by atoms with van der Waals surface area (Å²) in [7, 11) is 0. The monoisotopic (exact) mass is 479 g/mol. The molecule has 0 aliphatic carbocycles. The van der Waals surface area contributed by atoms with E-state index in [1.54, 1.807) is 12.1 Å². The van der Waals surface area contributed by atoms with Crippen molar-refractivity contribution < 1.29 is 18.4 Å². The van der Waals surface area contributed by atoms with Crippen molar-refractivity contribution >= 4 is 23.3 Å². The van der Waals surface area contributed by atoms with Gasteiger partial charge in [-0.05, 0) is 50.2 Å². The van der Waals surface area contributed by atoms with Gasteiger partial charge >= 0.3 is 0 Å². The predicted octanol–water partition coefficient (Wildman–Crippen LogP) is 2.21. The minimum atomic E-state index is -0.804. The minimum Gasteiger partial charge on any atom is -0.353 e. The Bertz CT molecular complexity index is 1260. The molecule has 2 aromatic heterocycles. The first-order chi connectivity index (χ1) is 17.0. The lowest BCUT2D eigenvalue weighted by Gasteiger charge is -2.23. The van der Waals surface area contributed by atoms with Gasteiger partial charge in [0.2, 0.25) is 5.91 Å². The second kappa shape index (κ2) is 9.71. The zero-order chi connectivity index (χ0) is 24.4. The highest BCUT2D eigenvalue weighted by Gasteiger charge is 2.28.